The van der Waals surface area contributed by atoms with E-state index in [1.807, 2.05) is 4.90 Å². The summed E-state index contributed by atoms with van der Waals surface area (Å²) in [5, 5.41) is 37.3. The van der Waals surface area contributed by atoms with Crippen LogP contribution in [0.15, 0.2) is 36.4 Å². The van der Waals surface area contributed by atoms with Gasteiger partial charge in [-0.3, -0.25) is 0 Å². The molecule has 5 nitrogen and oxygen atoms in total. The third kappa shape index (κ3) is 6.05. The second kappa shape index (κ2) is 12.1. The van der Waals surface area contributed by atoms with Gasteiger partial charge in [-0.15, -0.1) is 0 Å². The molecule has 0 saturated carbocycles. The number of hydrogen-bond donors (Lipinski definition) is 4. The van der Waals surface area contributed by atoms with E-state index in [1.54, 1.807) is 0 Å². The van der Waals surface area contributed by atoms with Gasteiger partial charge in [-0.05, 0) is 72.6 Å². The molecule has 0 radical (unpaired) electrons. The van der Waals surface area contributed by atoms with Gasteiger partial charge in [0.05, 0.1) is 13.2 Å². The van der Waals surface area contributed by atoms with Crippen molar-refractivity contribution in [3.8, 4) is 0 Å². The van der Waals surface area contributed by atoms with E-state index < -0.39 is 0 Å². The lowest BCUT2D eigenvalue weighted by Crippen LogP contribution is -2.29. The summed E-state index contributed by atoms with van der Waals surface area (Å²) < 4.78 is 0. The molecule has 2 aromatic rings. The molecule has 0 aliphatic carbocycles. The lowest BCUT2D eigenvalue weighted by molar-refractivity contribution is 0.242. The van der Waals surface area contributed by atoms with Crippen molar-refractivity contribution in [1.29, 1.82) is 0 Å². The van der Waals surface area contributed by atoms with Gasteiger partial charge in [0.25, 0.3) is 0 Å². The first kappa shape index (κ1) is 24.4. The molecule has 0 spiro atoms. The maximum absolute atomic E-state index is 9.33. The molecular weight excluding hydrogens is 378 g/mol. The van der Waals surface area contributed by atoms with Crippen LogP contribution in [0.1, 0.15) is 59.4 Å². The number of hydrogen-bond acceptors (Lipinski definition) is 5. The van der Waals surface area contributed by atoms with Crippen molar-refractivity contribution in [3.63, 3.8) is 0 Å². The highest BCUT2D eigenvalue weighted by atomic mass is 16.3. The smallest absolute Gasteiger partial charge is 0.0606 e. The lowest BCUT2D eigenvalue weighted by atomic mass is 9.84. The molecule has 5 heteroatoms. The van der Waals surface area contributed by atoms with Crippen LogP contribution in [0.2, 0.25) is 0 Å². The molecule has 0 aromatic heterocycles. The fourth-order valence-electron chi connectivity index (χ4n) is 4.35. The van der Waals surface area contributed by atoms with Gasteiger partial charge in [0.1, 0.15) is 0 Å². The highest BCUT2D eigenvalue weighted by Gasteiger charge is 2.17. The summed E-state index contributed by atoms with van der Waals surface area (Å²) in [4.78, 5) is 1.99. The van der Waals surface area contributed by atoms with Crippen LogP contribution in [0.5, 0.6) is 0 Å². The van der Waals surface area contributed by atoms with Gasteiger partial charge in [-0.25, -0.2) is 0 Å². The largest absolute Gasteiger partial charge is 0.396 e. The van der Waals surface area contributed by atoms with E-state index >= 15 is 0 Å². The predicted octanol–water partition coefficient (Wildman–Crippen LogP) is 3.09. The molecule has 0 bridgehead atoms. The van der Waals surface area contributed by atoms with Crippen LogP contribution in [-0.2, 0) is 0 Å². The van der Waals surface area contributed by atoms with Crippen LogP contribution in [0.25, 0.3) is 0 Å². The SMILES string of the molecule is Cc1cc(C(CCO)CCO)ccc1C(C)c1ccc(N(CCO)CCO)cc1C. The Balaban J connectivity index is 2.28. The Hall–Kier alpha value is -1.92. The zero-order chi connectivity index (χ0) is 22.1. The number of nitrogens with zero attached hydrogens (tertiary/aromatic N) is 1. The Kier molecular flexibility index (Phi) is 9.79. The molecule has 0 fully saturated rings. The molecule has 0 aliphatic rings. The number of rotatable bonds is 12. The van der Waals surface area contributed by atoms with Crippen LogP contribution in [-0.4, -0.2) is 59.9 Å². The molecule has 166 valence electrons. The van der Waals surface area contributed by atoms with Crippen LogP contribution in [0.3, 0.4) is 0 Å². The van der Waals surface area contributed by atoms with Crippen LogP contribution in [0, 0.1) is 13.8 Å². The second-order valence-electron chi connectivity index (χ2n) is 8.03. The Labute approximate surface area is 180 Å². The zero-order valence-electron chi connectivity index (χ0n) is 18.5. The van der Waals surface area contributed by atoms with Gasteiger partial charge < -0.3 is 25.3 Å². The average molecular weight is 416 g/mol. The Bertz CT molecular complexity index is 715. The number of aryl methyl sites for hydroxylation is 2. The van der Waals surface area contributed by atoms with E-state index in [0.717, 1.165) is 5.69 Å². The molecule has 2 aromatic carbocycles. The first-order chi connectivity index (χ1) is 14.5. The zero-order valence-corrected chi connectivity index (χ0v) is 18.5. The Morgan fingerprint density at radius 2 is 1.27 bits per heavy atom. The summed E-state index contributed by atoms with van der Waals surface area (Å²) in [6, 6.07) is 12.8. The van der Waals surface area contributed by atoms with Gasteiger partial charge in [-0.2, -0.15) is 0 Å². The minimum Gasteiger partial charge on any atom is -0.396 e. The van der Waals surface area contributed by atoms with Gasteiger partial charge in [-0.1, -0.05) is 31.2 Å². The van der Waals surface area contributed by atoms with Crippen molar-refractivity contribution in [2.45, 2.75) is 45.4 Å². The minimum absolute atomic E-state index is 0.0519. The van der Waals surface area contributed by atoms with E-state index in [0.29, 0.717) is 25.9 Å². The lowest BCUT2D eigenvalue weighted by Gasteiger charge is -2.25. The molecule has 4 N–H and O–H groups in total. The van der Waals surface area contributed by atoms with Crippen molar-refractivity contribution in [2.24, 2.45) is 0 Å². The number of anilines is 1. The van der Waals surface area contributed by atoms with Crippen molar-refractivity contribution in [2.75, 3.05) is 44.4 Å². The highest BCUT2D eigenvalue weighted by molar-refractivity contribution is 5.53. The highest BCUT2D eigenvalue weighted by Crippen LogP contribution is 2.33. The van der Waals surface area contributed by atoms with Gasteiger partial charge in [0.15, 0.2) is 0 Å². The van der Waals surface area contributed by atoms with E-state index in [4.69, 9.17) is 0 Å². The van der Waals surface area contributed by atoms with E-state index in [2.05, 4.69) is 57.2 Å². The van der Waals surface area contributed by atoms with Gasteiger partial charge >= 0.3 is 0 Å². The van der Waals surface area contributed by atoms with Crippen molar-refractivity contribution in [3.05, 3.63) is 64.2 Å². The number of aliphatic hydroxyl groups excluding tert-OH is 4. The summed E-state index contributed by atoms with van der Waals surface area (Å²) in [5.41, 5.74) is 7.10. The van der Waals surface area contributed by atoms with Gasteiger partial charge in [0.2, 0.25) is 0 Å². The topological polar surface area (TPSA) is 84.2 Å². The Morgan fingerprint density at radius 3 is 1.73 bits per heavy atom. The quantitative estimate of drug-likeness (QED) is 0.428. The summed E-state index contributed by atoms with van der Waals surface area (Å²) >= 11 is 0. The molecule has 1 atom stereocenters. The van der Waals surface area contributed by atoms with Crippen LogP contribution < -0.4 is 4.90 Å². The average Bonchev–Trinajstić information content (AvgIpc) is 2.73. The first-order valence-corrected chi connectivity index (χ1v) is 10.9. The van der Waals surface area contributed by atoms with E-state index in [-0.39, 0.29) is 38.3 Å². The number of aliphatic hydroxyl groups is 4. The van der Waals surface area contributed by atoms with Crippen LogP contribution in [0.4, 0.5) is 5.69 Å². The summed E-state index contributed by atoms with van der Waals surface area (Å²) in [5.74, 6) is 0.402. The van der Waals surface area contributed by atoms with E-state index in [9.17, 15) is 20.4 Å². The number of benzene rings is 2. The molecule has 0 heterocycles. The minimum atomic E-state index is 0.0519. The molecule has 0 saturated heterocycles. The third-order valence-corrected chi connectivity index (χ3v) is 6.01. The monoisotopic (exact) mass is 415 g/mol. The summed E-state index contributed by atoms with van der Waals surface area (Å²) in [6.45, 7) is 7.78. The van der Waals surface area contributed by atoms with E-state index in [1.165, 1.54) is 27.8 Å². The summed E-state index contributed by atoms with van der Waals surface area (Å²) in [7, 11) is 0. The molecule has 1 unspecified atom stereocenters. The summed E-state index contributed by atoms with van der Waals surface area (Å²) in [6.07, 6.45) is 1.32. The third-order valence-electron chi connectivity index (χ3n) is 6.01. The van der Waals surface area contributed by atoms with Gasteiger partial charge in [0, 0.05) is 37.9 Å². The van der Waals surface area contributed by atoms with Crippen molar-refractivity contribution in [1.82, 2.24) is 0 Å². The van der Waals surface area contributed by atoms with Crippen molar-refractivity contribution < 1.29 is 20.4 Å². The standard InChI is InChI=1S/C25H37NO4/c1-18-16-22(21(8-12-27)9-13-28)4-6-24(18)20(3)25-7-5-23(17-19(25)2)26(10-14-29)11-15-30/h4-7,16-17,20-21,27-30H,8-15H2,1-3H3. The Morgan fingerprint density at radius 1 is 0.733 bits per heavy atom. The maximum Gasteiger partial charge on any atom is 0.0606 e. The molecule has 2 rings (SSSR count). The maximum atomic E-state index is 9.33. The molecule has 30 heavy (non-hydrogen) atoms. The fourth-order valence-corrected chi connectivity index (χ4v) is 4.35. The van der Waals surface area contributed by atoms with Crippen molar-refractivity contribution >= 4 is 5.69 Å². The first-order valence-electron chi connectivity index (χ1n) is 10.9. The molecule has 0 aliphatic heterocycles. The normalized spacial score (nSPS) is 12.4. The second-order valence-corrected chi connectivity index (χ2v) is 8.03. The fraction of sp³-hybridized carbons (Fsp3) is 0.520. The predicted molar refractivity (Wildman–Crippen MR) is 122 cm³/mol. The molecule has 0 amide bonds. The van der Waals surface area contributed by atoms with Crippen LogP contribution >= 0.6 is 0 Å². The molecular formula is C25H37NO4.